The molecule has 0 unspecified atom stereocenters. The Hall–Kier alpha value is -2.96. The maximum Gasteiger partial charge on any atom is 0.242 e. The first kappa shape index (κ1) is 18.8. The first-order valence-electron chi connectivity index (χ1n) is 9.07. The summed E-state index contributed by atoms with van der Waals surface area (Å²) in [4.78, 5) is 37.5. The highest BCUT2D eigenvalue weighted by atomic mass is 16.2. The fourth-order valence-electron chi connectivity index (χ4n) is 3.47. The Morgan fingerprint density at radius 3 is 2.44 bits per heavy atom. The molecule has 1 N–H and O–H groups in total. The van der Waals surface area contributed by atoms with Gasteiger partial charge in [0.1, 0.15) is 6.54 Å². The van der Waals surface area contributed by atoms with Crippen molar-refractivity contribution in [1.29, 1.82) is 0 Å². The summed E-state index contributed by atoms with van der Waals surface area (Å²) in [5.74, 6) is -0.0615. The molecule has 0 atom stereocenters. The molecule has 0 spiro atoms. The number of hydrogen-bond donors (Lipinski definition) is 1. The van der Waals surface area contributed by atoms with E-state index in [9.17, 15) is 14.4 Å². The minimum Gasteiger partial charge on any atom is -0.350 e. The standard InChI is InChI=1S/C20H24N4O3/c1-13-20(15(3)25)14(2)24(22-13)12-18(26)21-11-16-6-8-17(9-7-16)23-10-4-5-19(23)27/h6-9H,4-5,10-12H2,1-3H3,(H,21,26). The van der Waals surface area contributed by atoms with Crippen LogP contribution in [0.4, 0.5) is 5.69 Å². The van der Waals surface area contributed by atoms with E-state index < -0.39 is 0 Å². The van der Waals surface area contributed by atoms with Crippen molar-refractivity contribution in [2.24, 2.45) is 0 Å². The molecule has 1 aromatic heterocycles. The second kappa shape index (κ2) is 7.73. The summed E-state index contributed by atoms with van der Waals surface area (Å²) in [5, 5.41) is 7.15. The van der Waals surface area contributed by atoms with Crippen LogP contribution < -0.4 is 10.2 Å². The van der Waals surface area contributed by atoms with Crippen molar-refractivity contribution in [1.82, 2.24) is 15.1 Å². The predicted molar refractivity (Wildman–Crippen MR) is 102 cm³/mol. The number of nitrogens with one attached hydrogen (secondary N) is 1. The third kappa shape index (κ3) is 4.07. The van der Waals surface area contributed by atoms with E-state index in [1.54, 1.807) is 23.4 Å². The highest BCUT2D eigenvalue weighted by molar-refractivity contribution is 5.96. The Labute approximate surface area is 158 Å². The fourth-order valence-corrected chi connectivity index (χ4v) is 3.47. The number of nitrogens with zero attached hydrogens (tertiary/aromatic N) is 3. The number of ketones is 1. The van der Waals surface area contributed by atoms with Crippen LogP contribution in [0.2, 0.25) is 0 Å². The van der Waals surface area contributed by atoms with Gasteiger partial charge in [0.25, 0.3) is 0 Å². The van der Waals surface area contributed by atoms with Gasteiger partial charge in [-0.05, 0) is 44.9 Å². The number of anilines is 1. The lowest BCUT2D eigenvalue weighted by atomic mass is 10.1. The fraction of sp³-hybridized carbons (Fsp3) is 0.400. The minimum absolute atomic E-state index is 0.0479. The summed E-state index contributed by atoms with van der Waals surface area (Å²) in [5.41, 5.74) is 3.77. The topological polar surface area (TPSA) is 84.3 Å². The molecule has 3 rings (SSSR count). The van der Waals surface area contributed by atoms with Gasteiger partial charge >= 0.3 is 0 Å². The SMILES string of the molecule is CC(=O)c1c(C)nn(CC(=O)NCc2ccc(N3CCCC3=O)cc2)c1C. The smallest absolute Gasteiger partial charge is 0.242 e. The second-order valence-corrected chi connectivity index (χ2v) is 6.85. The molecule has 0 saturated carbocycles. The van der Waals surface area contributed by atoms with E-state index in [0.29, 0.717) is 29.9 Å². The van der Waals surface area contributed by atoms with Gasteiger partial charge in [-0.1, -0.05) is 12.1 Å². The van der Waals surface area contributed by atoms with Crippen LogP contribution in [0.1, 0.15) is 47.1 Å². The molecular formula is C20H24N4O3. The largest absolute Gasteiger partial charge is 0.350 e. The van der Waals surface area contributed by atoms with Crippen LogP contribution in [-0.2, 0) is 22.7 Å². The lowest BCUT2D eigenvalue weighted by molar-refractivity contribution is -0.122. The molecule has 7 nitrogen and oxygen atoms in total. The first-order chi connectivity index (χ1) is 12.9. The van der Waals surface area contributed by atoms with E-state index in [1.165, 1.54) is 6.92 Å². The average Bonchev–Trinajstić information content (AvgIpc) is 3.16. The Morgan fingerprint density at radius 1 is 1.19 bits per heavy atom. The van der Waals surface area contributed by atoms with Crippen LogP contribution in [0.25, 0.3) is 0 Å². The van der Waals surface area contributed by atoms with Gasteiger partial charge in [-0.25, -0.2) is 0 Å². The molecule has 142 valence electrons. The lowest BCUT2D eigenvalue weighted by Crippen LogP contribution is -2.28. The number of benzene rings is 1. The highest BCUT2D eigenvalue weighted by Crippen LogP contribution is 2.21. The van der Waals surface area contributed by atoms with Crippen molar-refractivity contribution in [3.8, 4) is 0 Å². The van der Waals surface area contributed by atoms with Gasteiger partial charge in [0.2, 0.25) is 11.8 Å². The number of carbonyl (C=O) groups is 3. The van der Waals surface area contributed by atoms with Gasteiger partial charge in [-0.3, -0.25) is 19.1 Å². The van der Waals surface area contributed by atoms with Crippen LogP contribution in [0.3, 0.4) is 0 Å². The molecule has 0 aliphatic carbocycles. The van der Waals surface area contributed by atoms with Crippen LogP contribution in [0.15, 0.2) is 24.3 Å². The van der Waals surface area contributed by atoms with Crippen LogP contribution in [0.5, 0.6) is 0 Å². The maximum absolute atomic E-state index is 12.2. The molecule has 2 amide bonds. The monoisotopic (exact) mass is 368 g/mol. The van der Waals surface area contributed by atoms with E-state index in [0.717, 1.165) is 24.2 Å². The van der Waals surface area contributed by atoms with Gasteiger partial charge < -0.3 is 10.2 Å². The van der Waals surface area contributed by atoms with E-state index >= 15 is 0 Å². The molecule has 7 heteroatoms. The molecule has 0 bridgehead atoms. The van der Waals surface area contributed by atoms with E-state index in [2.05, 4.69) is 10.4 Å². The average molecular weight is 368 g/mol. The molecule has 1 fully saturated rings. The van der Waals surface area contributed by atoms with Crippen molar-refractivity contribution < 1.29 is 14.4 Å². The van der Waals surface area contributed by atoms with E-state index in [1.807, 2.05) is 24.3 Å². The zero-order valence-corrected chi connectivity index (χ0v) is 15.9. The number of Topliss-reactive ketones (excluding diaryl/α,β-unsaturated/α-hetero) is 1. The second-order valence-electron chi connectivity index (χ2n) is 6.85. The van der Waals surface area contributed by atoms with Gasteiger partial charge in [0, 0.05) is 30.9 Å². The molecule has 1 aliphatic heterocycles. The summed E-state index contributed by atoms with van der Waals surface area (Å²) in [6, 6.07) is 7.65. The number of aromatic nitrogens is 2. The maximum atomic E-state index is 12.2. The molecule has 1 saturated heterocycles. The third-order valence-electron chi connectivity index (χ3n) is 4.84. The number of amides is 2. The van der Waals surface area contributed by atoms with Gasteiger partial charge in [-0.15, -0.1) is 0 Å². The Kier molecular flexibility index (Phi) is 5.39. The van der Waals surface area contributed by atoms with Crippen molar-refractivity contribution in [3.63, 3.8) is 0 Å². The zero-order chi connectivity index (χ0) is 19.6. The normalized spacial score (nSPS) is 13.9. The van der Waals surface area contributed by atoms with E-state index in [4.69, 9.17) is 0 Å². The summed E-state index contributed by atoms with van der Waals surface area (Å²) >= 11 is 0. The van der Waals surface area contributed by atoms with Crippen LogP contribution in [-0.4, -0.2) is 33.9 Å². The lowest BCUT2D eigenvalue weighted by Gasteiger charge is -2.16. The minimum atomic E-state index is -0.172. The van der Waals surface area contributed by atoms with Crippen molar-refractivity contribution >= 4 is 23.3 Å². The predicted octanol–water partition coefficient (Wildman–Crippen LogP) is 2.15. The molecule has 2 heterocycles. The van der Waals surface area contributed by atoms with Gasteiger partial charge in [0.15, 0.2) is 5.78 Å². The number of aryl methyl sites for hydroxylation is 1. The zero-order valence-electron chi connectivity index (χ0n) is 15.9. The molecule has 1 aliphatic rings. The summed E-state index contributed by atoms with van der Waals surface area (Å²) in [7, 11) is 0. The number of rotatable bonds is 6. The molecular weight excluding hydrogens is 344 g/mol. The molecule has 1 aromatic carbocycles. The summed E-state index contributed by atoms with van der Waals surface area (Å²) < 4.78 is 1.56. The number of carbonyl (C=O) groups excluding carboxylic acids is 3. The molecule has 0 radical (unpaired) electrons. The molecule has 2 aromatic rings. The summed E-state index contributed by atoms with van der Waals surface area (Å²) in [6.07, 6.45) is 1.50. The van der Waals surface area contributed by atoms with Gasteiger partial charge in [-0.2, -0.15) is 5.10 Å². The Bertz CT molecular complexity index is 883. The van der Waals surface area contributed by atoms with Crippen molar-refractivity contribution in [2.75, 3.05) is 11.4 Å². The third-order valence-corrected chi connectivity index (χ3v) is 4.84. The van der Waals surface area contributed by atoms with Crippen LogP contribution >= 0.6 is 0 Å². The van der Waals surface area contributed by atoms with Gasteiger partial charge in [0.05, 0.1) is 11.3 Å². The molecule has 27 heavy (non-hydrogen) atoms. The van der Waals surface area contributed by atoms with Crippen molar-refractivity contribution in [3.05, 3.63) is 46.8 Å². The summed E-state index contributed by atoms with van der Waals surface area (Å²) in [6.45, 7) is 6.29. The highest BCUT2D eigenvalue weighted by Gasteiger charge is 2.21. The number of hydrogen-bond acceptors (Lipinski definition) is 4. The quantitative estimate of drug-likeness (QED) is 0.792. The van der Waals surface area contributed by atoms with Crippen molar-refractivity contribution in [2.45, 2.75) is 46.7 Å². The Morgan fingerprint density at radius 2 is 1.89 bits per heavy atom. The first-order valence-corrected chi connectivity index (χ1v) is 9.07. The van der Waals surface area contributed by atoms with Crippen LogP contribution in [0, 0.1) is 13.8 Å². The Balaban J connectivity index is 1.57. The van der Waals surface area contributed by atoms with E-state index in [-0.39, 0.29) is 24.1 Å².